The third kappa shape index (κ3) is 7.13. The molecule has 0 spiro atoms. The molecule has 0 aliphatic carbocycles. The lowest BCUT2D eigenvalue weighted by Crippen LogP contribution is -2.50. The molecule has 3 aliphatic heterocycles. The lowest BCUT2D eigenvalue weighted by Gasteiger charge is -2.47. The molecule has 0 radical (unpaired) electrons. The fourth-order valence-electron chi connectivity index (χ4n) is 3.91. The van der Waals surface area contributed by atoms with Crippen LogP contribution in [0.3, 0.4) is 0 Å². The number of carbonyl (C=O) groups excluding carboxylic acids is 1. The van der Waals surface area contributed by atoms with Crippen LogP contribution in [0, 0.1) is 12.3 Å². The van der Waals surface area contributed by atoms with Gasteiger partial charge < -0.3 is 19.8 Å². The van der Waals surface area contributed by atoms with Crippen molar-refractivity contribution in [3.63, 3.8) is 0 Å². The van der Waals surface area contributed by atoms with Crippen molar-refractivity contribution in [3.05, 3.63) is 47.5 Å². The minimum Gasteiger partial charge on any atom is -0.478 e. The molecule has 0 unspecified atom stereocenters. The standard InChI is InChI=1S/C19H23N3O2S.C4H4O4/c1-14-20-16(15-5-3-2-4-6-15)17(25-14)21-18(23)24-13-19-7-10-22(11-8-19)12-9-19;5-3(6)1-2-4(7)8/h2-6H,7-13H2,1H3,(H,21,23);1-2H,(H,5,6)(H,7,8)/b;2-1+. The van der Waals surface area contributed by atoms with E-state index in [0.29, 0.717) is 18.8 Å². The van der Waals surface area contributed by atoms with Gasteiger partial charge in [-0.05, 0) is 45.8 Å². The number of rotatable bonds is 6. The van der Waals surface area contributed by atoms with Crippen LogP contribution in [0.4, 0.5) is 9.80 Å². The lowest BCUT2D eigenvalue weighted by molar-refractivity contribution is -0.134. The second kappa shape index (κ2) is 11.1. The van der Waals surface area contributed by atoms with Gasteiger partial charge in [0.1, 0.15) is 10.7 Å². The quantitative estimate of drug-likeness (QED) is 0.539. The van der Waals surface area contributed by atoms with Gasteiger partial charge in [0, 0.05) is 23.1 Å². The van der Waals surface area contributed by atoms with Gasteiger partial charge in [0.25, 0.3) is 0 Å². The van der Waals surface area contributed by atoms with Gasteiger partial charge in [-0.15, -0.1) is 11.3 Å². The number of benzene rings is 1. The average Bonchev–Trinajstić information content (AvgIpc) is 3.18. The van der Waals surface area contributed by atoms with E-state index in [1.165, 1.54) is 11.3 Å². The molecule has 3 saturated heterocycles. The third-order valence-electron chi connectivity index (χ3n) is 5.75. The fraction of sp³-hybridized carbons (Fsp3) is 0.391. The first kappa shape index (κ1) is 24.4. The number of thiazole rings is 1. The molecule has 0 atom stereocenters. The summed E-state index contributed by atoms with van der Waals surface area (Å²) in [6, 6.07) is 9.92. The van der Waals surface area contributed by atoms with Crippen molar-refractivity contribution in [2.75, 3.05) is 31.6 Å². The number of carboxylic acids is 2. The van der Waals surface area contributed by atoms with Crippen molar-refractivity contribution in [3.8, 4) is 11.3 Å². The Morgan fingerprint density at radius 1 is 1.09 bits per heavy atom. The number of ether oxygens (including phenoxy) is 1. The molecule has 3 fully saturated rings. The SMILES string of the molecule is Cc1nc(-c2ccccc2)c(NC(=O)OCC23CCN(CC2)CC3)s1.O=C(O)/C=C/C(=O)O. The van der Waals surface area contributed by atoms with Gasteiger partial charge in [0.2, 0.25) is 0 Å². The van der Waals surface area contributed by atoms with E-state index in [9.17, 15) is 14.4 Å². The Bertz CT molecular complexity index is 983. The Kier molecular flexibility index (Phi) is 8.18. The number of amides is 1. The van der Waals surface area contributed by atoms with Crippen LogP contribution in [-0.2, 0) is 14.3 Å². The molecule has 1 aromatic heterocycles. The summed E-state index contributed by atoms with van der Waals surface area (Å²) in [4.78, 5) is 38.5. The summed E-state index contributed by atoms with van der Waals surface area (Å²) in [5.74, 6) is -2.51. The van der Waals surface area contributed by atoms with E-state index in [1.54, 1.807) is 0 Å². The molecular formula is C23H27N3O6S. The van der Waals surface area contributed by atoms with Crippen LogP contribution in [0.15, 0.2) is 42.5 Å². The molecule has 3 N–H and O–H groups in total. The molecular weight excluding hydrogens is 446 g/mol. The lowest BCUT2D eigenvalue weighted by atomic mass is 9.73. The first-order chi connectivity index (χ1) is 15.8. The zero-order valence-corrected chi connectivity index (χ0v) is 19.1. The van der Waals surface area contributed by atoms with E-state index in [0.717, 1.165) is 60.2 Å². The van der Waals surface area contributed by atoms with Crippen LogP contribution in [0.25, 0.3) is 11.3 Å². The van der Waals surface area contributed by atoms with Gasteiger partial charge in [-0.2, -0.15) is 0 Å². The van der Waals surface area contributed by atoms with Gasteiger partial charge in [-0.1, -0.05) is 30.3 Å². The summed E-state index contributed by atoms with van der Waals surface area (Å²) >= 11 is 1.48. The van der Waals surface area contributed by atoms with Gasteiger partial charge in [-0.3, -0.25) is 5.32 Å². The van der Waals surface area contributed by atoms with Crippen molar-refractivity contribution in [1.82, 2.24) is 9.88 Å². The Morgan fingerprint density at radius 3 is 2.21 bits per heavy atom. The molecule has 1 aromatic carbocycles. The summed E-state index contributed by atoms with van der Waals surface area (Å²) in [6.07, 6.45) is 4.15. The van der Waals surface area contributed by atoms with Gasteiger partial charge in [0.15, 0.2) is 0 Å². The highest BCUT2D eigenvalue weighted by Crippen LogP contribution is 2.40. The number of aliphatic carboxylic acids is 2. The normalized spacial score (nSPS) is 21.2. The van der Waals surface area contributed by atoms with Crippen LogP contribution in [-0.4, -0.2) is 64.4 Å². The first-order valence-electron chi connectivity index (χ1n) is 10.6. The zero-order chi connectivity index (χ0) is 23.8. The summed E-state index contributed by atoms with van der Waals surface area (Å²) < 4.78 is 5.61. The minimum absolute atomic E-state index is 0.192. The molecule has 5 rings (SSSR count). The first-order valence-corrected chi connectivity index (χ1v) is 11.4. The number of piperidine rings is 3. The highest BCUT2D eigenvalue weighted by molar-refractivity contribution is 7.16. The highest BCUT2D eigenvalue weighted by atomic mass is 32.1. The molecule has 9 nitrogen and oxygen atoms in total. The molecule has 0 saturated carbocycles. The van der Waals surface area contributed by atoms with E-state index in [-0.39, 0.29) is 11.5 Å². The van der Waals surface area contributed by atoms with E-state index in [1.807, 2.05) is 37.3 Å². The smallest absolute Gasteiger partial charge is 0.412 e. The summed E-state index contributed by atoms with van der Waals surface area (Å²) in [5, 5.41) is 20.2. The maximum atomic E-state index is 12.4. The van der Waals surface area contributed by atoms with E-state index < -0.39 is 11.9 Å². The average molecular weight is 474 g/mol. The molecule has 4 heterocycles. The van der Waals surface area contributed by atoms with Crippen LogP contribution < -0.4 is 5.32 Å². The number of hydrogen-bond acceptors (Lipinski definition) is 7. The predicted octanol–water partition coefficient (Wildman–Crippen LogP) is 3.86. The Balaban J connectivity index is 0.000000331. The molecule has 176 valence electrons. The van der Waals surface area contributed by atoms with Crippen molar-refractivity contribution >= 4 is 34.4 Å². The molecule has 2 aromatic rings. The summed E-state index contributed by atoms with van der Waals surface area (Å²) in [6.45, 7) is 5.87. The number of carboxylic acid groups (broad SMARTS) is 2. The van der Waals surface area contributed by atoms with Crippen molar-refractivity contribution in [2.45, 2.75) is 26.2 Å². The maximum absolute atomic E-state index is 12.4. The highest BCUT2D eigenvalue weighted by Gasteiger charge is 2.40. The summed E-state index contributed by atoms with van der Waals surface area (Å²) in [5.41, 5.74) is 2.00. The number of nitrogens with zero attached hydrogens (tertiary/aromatic N) is 2. The fourth-order valence-corrected chi connectivity index (χ4v) is 4.73. The van der Waals surface area contributed by atoms with Crippen molar-refractivity contribution < 1.29 is 29.3 Å². The number of nitrogens with one attached hydrogen (secondary N) is 1. The second-order valence-electron chi connectivity index (χ2n) is 8.08. The van der Waals surface area contributed by atoms with E-state index >= 15 is 0 Å². The van der Waals surface area contributed by atoms with Crippen molar-refractivity contribution in [1.29, 1.82) is 0 Å². The van der Waals surface area contributed by atoms with Gasteiger partial charge in [-0.25, -0.2) is 19.4 Å². The molecule has 2 bridgehead atoms. The largest absolute Gasteiger partial charge is 0.478 e. The summed E-state index contributed by atoms with van der Waals surface area (Å²) in [7, 11) is 0. The van der Waals surface area contributed by atoms with Crippen LogP contribution >= 0.6 is 11.3 Å². The molecule has 33 heavy (non-hydrogen) atoms. The van der Waals surface area contributed by atoms with Crippen molar-refractivity contribution in [2.24, 2.45) is 5.41 Å². The minimum atomic E-state index is -1.26. The monoisotopic (exact) mass is 473 g/mol. The Hall–Kier alpha value is -3.24. The number of carbonyl (C=O) groups is 3. The Morgan fingerprint density at radius 2 is 1.67 bits per heavy atom. The number of fused-ring (bicyclic) bond motifs is 3. The third-order valence-corrected chi connectivity index (χ3v) is 6.64. The molecule has 1 amide bonds. The van der Waals surface area contributed by atoms with Crippen LogP contribution in [0.5, 0.6) is 0 Å². The number of anilines is 1. The van der Waals surface area contributed by atoms with Gasteiger partial charge >= 0.3 is 18.0 Å². The second-order valence-corrected chi connectivity index (χ2v) is 9.28. The van der Waals surface area contributed by atoms with Crippen LogP contribution in [0.2, 0.25) is 0 Å². The number of aryl methyl sites for hydroxylation is 1. The number of aromatic nitrogens is 1. The van der Waals surface area contributed by atoms with E-state index in [2.05, 4.69) is 15.2 Å². The zero-order valence-electron chi connectivity index (χ0n) is 18.3. The topological polar surface area (TPSA) is 129 Å². The number of hydrogen-bond donors (Lipinski definition) is 3. The predicted molar refractivity (Wildman–Crippen MR) is 124 cm³/mol. The molecule has 10 heteroatoms. The van der Waals surface area contributed by atoms with E-state index in [4.69, 9.17) is 14.9 Å². The molecule has 3 aliphatic rings. The maximum Gasteiger partial charge on any atom is 0.412 e. The van der Waals surface area contributed by atoms with Crippen LogP contribution in [0.1, 0.15) is 24.3 Å². The Labute approximate surface area is 195 Å². The van der Waals surface area contributed by atoms with Gasteiger partial charge in [0.05, 0.1) is 11.6 Å².